The van der Waals surface area contributed by atoms with E-state index in [-0.39, 0.29) is 0 Å². The number of ether oxygens (including phenoxy) is 1. The lowest BCUT2D eigenvalue weighted by molar-refractivity contribution is -0.0578. The van der Waals surface area contributed by atoms with Crippen molar-refractivity contribution in [3.63, 3.8) is 0 Å². The highest BCUT2D eigenvalue weighted by Gasteiger charge is 2.35. The third kappa shape index (κ3) is 3.19. The van der Waals surface area contributed by atoms with Gasteiger partial charge in [-0.1, -0.05) is 0 Å². The number of anilines is 1. The molecule has 0 unspecified atom stereocenters. The van der Waals surface area contributed by atoms with E-state index in [0.29, 0.717) is 6.10 Å². The van der Waals surface area contributed by atoms with Gasteiger partial charge in [-0.15, -0.1) is 11.3 Å². The molecule has 1 saturated heterocycles. The smallest absolute Gasteiger partial charge is 0.0943 e. The number of rotatable bonds is 5. The second-order valence-electron chi connectivity index (χ2n) is 6.91. The molecule has 1 aliphatic heterocycles. The van der Waals surface area contributed by atoms with Gasteiger partial charge >= 0.3 is 0 Å². The first kappa shape index (κ1) is 16.3. The topological polar surface area (TPSA) is 15.7 Å². The van der Waals surface area contributed by atoms with Crippen LogP contribution in [0.15, 0.2) is 6.07 Å². The molecule has 2 heterocycles. The monoisotopic (exact) mass is 322 g/mol. The van der Waals surface area contributed by atoms with Crippen molar-refractivity contribution in [2.45, 2.75) is 64.6 Å². The molecule has 0 radical (unpaired) electrons. The van der Waals surface area contributed by atoms with Crippen LogP contribution in [0.3, 0.4) is 0 Å². The number of thiophene rings is 1. The fourth-order valence-electron chi connectivity index (χ4n) is 4.13. The molecule has 4 heteroatoms. The minimum absolute atomic E-state index is 0.488. The number of hydrogen-bond acceptors (Lipinski definition) is 4. The van der Waals surface area contributed by atoms with E-state index >= 15 is 0 Å². The Kier molecular flexibility index (Phi) is 5.10. The van der Waals surface area contributed by atoms with Crippen molar-refractivity contribution >= 4 is 16.3 Å². The van der Waals surface area contributed by atoms with E-state index in [0.717, 1.165) is 31.7 Å². The summed E-state index contributed by atoms with van der Waals surface area (Å²) in [5.41, 5.74) is 1.46. The van der Waals surface area contributed by atoms with Gasteiger partial charge in [0.05, 0.1) is 11.1 Å². The molecule has 22 heavy (non-hydrogen) atoms. The normalized spacial score (nSPS) is 26.9. The Bertz CT molecular complexity index is 487. The predicted molar refractivity (Wildman–Crippen MR) is 95.2 cm³/mol. The van der Waals surface area contributed by atoms with Crippen LogP contribution in [0.1, 0.15) is 43.0 Å². The molecule has 0 N–H and O–H groups in total. The van der Waals surface area contributed by atoms with Crippen molar-refractivity contribution in [3.8, 4) is 0 Å². The summed E-state index contributed by atoms with van der Waals surface area (Å²) in [4.78, 5) is 6.73. The standard InChI is InChI=1S/C18H30N2OS/c1-5-20(18-13(2)10-14(3)22-18)16-8-6-15(7-9-16)19-11-17(12-19)21-4/h10,15-17H,5-9,11-12H2,1-4H3. The molecule has 1 aromatic heterocycles. The highest BCUT2D eigenvalue weighted by molar-refractivity contribution is 7.16. The zero-order valence-electron chi connectivity index (χ0n) is 14.5. The highest BCUT2D eigenvalue weighted by Crippen LogP contribution is 2.36. The fourth-order valence-corrected chi connectivity index (χ4v) is 5.29. The number of methoxy groups -OCH3 is 1. The molecular formula is C18H30N2OS. The van der Waals surface area contributed by atoms with Crippen LogP contribution in [0.2, 0.25) is 0 Å². The maximum atomic E-state index is 5.41. The summed E-state index contributed by atoms with van der Waals surface area (Å²) < 4.78 is 5.41. The maximum Gasteiger partial charge on any atom is 0.0943 e. The van der Waals surface area contributed by atoms with Gasteiger partial charge in [0.25, 0.3) is 0 Å². The molecule has 0 atom stereocenters. The van der Waals surface area contributed by atoms with E-state index in [9.17, 15) is 0 Å². The van der Waals surface area contributed by atoms with Crippen LogP contribution in [0.5, 0.6) is 0 Å². The van der Waals surface area contributed by atoms with Crippen LogP contribution in [-0.2, 0) is 4.74 Å². The van der Waals surface area contributed by atoms with Crippen molar-refractivity contribution in [3.05, 3.63) is 16.5 Å². The Hall–Kier alpha value is -0.580. The molecular weight excluding hydrogens is 292 g/mol. The van der Waals surface area contributed by atoms with Crippen molar-refractivity contribution in [2.24, 2.45) is 0 Å². The van der Waals surface area contributed by atoms with Gasteiger partial charge in [-0.25, -0.2) is 0 Å². The Morgan fingerprint density at radius 1 is 1.23 bits per heavy atom. The van der Waals surface area contributed by atoms with Crippen molar-refractivity contribution in [1.82, 2.24) is 4.90 Å². The van der Waals surface area contributed by atoms with Crippen LogP contribution in [0, 0.1) is 13.8 Å². The summed E-state index contributed by atoms with van der Waals surface area (Å²) in [5, 5.41) is 1.51. The van der Waals surface area contributed by atoms with Crippen LogP contribution in [-0.4, -0.2) is 49.8 Å². The largest absolute Gasteiger partial charge is 0.379 e. The summed E-state index contributed by atoms with van der Waals surface area (Å²) in [6.07, 6.45) is 5.86. The molecule has 0 amide bonds. The van der Waals surface area contributed by atoms with Crippen LogP contribution < -0.4 is 4.90 Å². The van der Waals surface area contributed by atoms with Crippen LogP contribution in [0.25, 0.3) is 0 Å². The van der Waals surface area contributed by atoms with Gasteiger partial charge in [-0.2, -0.15) is 0 Å². The molecule has 1 saturated carbocycles. The first-order valence-electron chi connectivity index (χ1n) is 8.72. The zero-order chi connectivity index (χ0) is 15.7. The number of nitrogens with zero attached hydrogens (tertiary/aromatic N) is 2. The molecule has 2 fully saturated rings. The molecule has 0 spiro atoms. The van der Waals surface area contributed by atoms with Crippen LogP contribution in [0.4, 0.5) is 5.00 Å². The summed E-state index contributed by atoms with van der Waals surface area (Å²) in [7, 11) is 1.84. The second-order valence-corrected chi connectivity index (χ2v) is 8.14. The molecule has 3 nitrogen and oxygen atoms in total. The van der Waals surface area contributed by atoms with Crippen molar-refractivity contribution in [2.75, 3.05) is 31.6 Å². The Morgan fingerprint density at radius 3 is 2.41 bits per heavy atom. The predicted octanol–water partition coefficient (Wildman–Crippen LogP) is 3.83. The summed E-state index contributed by atoms with van der Waals surface area (Å²) in [5.74, 6) is 0. The summed E-state index contributed by atoms with van der Waals surface area (Å²) in [6.45, 7) is 10.2. The molecule has 0 aromatic carbocycles. The van der Waals surface area contributed by atoms with Gasteiger partial charge in [0.2, 0.25) is 0 Å². The van der Waals surface area contributed by atoms with Gasteiger partial charge in [-0.3, -0.25) is 4.90 Å². The highest BCUT2D eigenvalue weighted by atomic mass is 32.1. The Labute approximate surface area is 139 Å². The minimum atomic E-state index is 0.488. The number of hydrogen-bond donors (Lipinski definition) is 0. The quantitative estimate of drug-likeness (QED) is 0.819. The van der Waals surface area contributed by atoms with Crippen molar-refractivity contribution < 1.29 is 4.74 Å². The zero-order valence-corrected chi connectivity index (χ0v) is 15.3. The van der Waals surface area contributed by atoms with E-state index in [4.69, 9.17) is 4.74 Å². The van der Waals surface area contributed by atoms with Gasteiger partial charge in [-0.05, 0) is 58.1 Å². The summed E-state index contributed by atoms with van der Waals surface area (Å²) >= 11 is 1.97. The molecule has 0 bridgehead atoms. The minimum Gasteiger partial charge on any atom is -0.379 e. The Balaban J connectivity index is 1.57. The SMILES string of the molecule is CCN(c1sc(C)cc1C)C1CCC(N2CC(OC)C2)CC1. The lowest BCUT2D eigenvalue weighted by Crippen LogP contribution is -2.57. The Morgan fingerprint density at radius 2 is 1.91 bits per heavy atom. The fraction of sp³-hybridized carbons (Fsp3) is 0.778. The van der Waals surface area contributed by atoms with Gasteiger partial charge in [0.1, 0.15) is 0 Å². The summed E-state index contributed by atoms with van der Waals surface area (Å²) in [6, 6.07) is 3.87. The molecule has 3 rings (SSSR count). The molecule has 2 aliphatic rings. The van der Waals surface area contributed by atoms with Gasteiger partial charge < -0.3 is 9.64 Å². The lowest BCUT2D eigenvalue weighted by atomic mass is 9.87. The van der Waals surface area contributed by atoms with Gasteiger partial charge in [0.15, 0.2) is 0 Å². The third-order valence-electron chi connectivity index (χ3n) is 5.45. The third-order valence-corrected chi connectivity index (χ3v) is 6.64. The van der Waals surface area contributed by atoms with E-state index in [1.807, 2.05) is 18.4 Å². The first-order valence-corrected chi connectivity index (χ1v) is 9.54. The first-order chi connectivity index (χ1) is 10.6. The second kappa shape index (κ2) is 6.90. The number of likely N-dealkylation sites (tertiary alicyclic amines) is 1. The van der Waals surface area contributed by atoms with Crippen LogP contribution >= 0.6 is 11.3 Å². The molecule has 1 aromatic rings. The van der Waals surface area contributed by atoms with Crippen molar-refractivity contribution in [1.29, 1.82) is 0 Å². The van der Waals surface area contributed by atoms with E-state index in [1.54, 1.807) is 0 Å². The average Bonchev–Trinajstić information content (AvgIpc) is 2.79. The average molecular weight is 323 g/mol. The van der Waals surface area contributed by atoms with E-state index < -0.39 is 0 Å². The van der Waals surface area contributed by atoms with E-state index in [1.165, 1.54) is 41.1 Å². The maximum absolute atomic E-state index is 5.41. The molecule has 124 valence electrons. The van der Waals surface area contributed by atoms with Gasteiger partial charge in [0, 0.05) is 43.7 Å². The lowest BCUT2D eigenvalue weighted by Gasteiger charge is -2.47. The van der Waals surface area contributed by atoms with E-state index in [2.05, 4.69) is 36.6 Å². The number of aryl methyl sites for hydroxylation is 2. The molecule has 1 aliphatic carbocycles.